The summed E-state index contributed by atoms with van der Waals surface area (Å²) in [5.41, 5.74) is 2.06. The molecule has 0 bridgehead atoms. The van der Waals surface area contributed by atoms with Gasteiger partial charge in [-0.1, -0.05) is 30.7 Å². The van der Waals surface area contributed by atoms with Crippen LogP contribution in [0.4, 0.5) is 0 Å². The van der Waals surface area contributed by atoms with Gasteiger partial charge in [0, 0.05) is 6.42 Å². The highest BCUT2D eigenvalue weighted by Gasteiger charge is 2.27. The molecule has 1 unspecified atom stereocenters. The minimum atomic E-state index is -1.20. The Morgan fingerprint density at radius 1 is 1.38 bits per heavy atom. The monoisotopic (exact) mass is 220 g/mol. The van der Waals surface area contributed by atoms with Gasteiger partial charge in [0.1, 0.15) is 5.60 Å². The van der Waals surface area contributed by atoms with Crippen molar-refractivity contribution >= 4 is 5.78 Å². The van der Waals surface area contributed by atoms with E-state index in [-0.39, 0.29) is 5.78 Å². The highest BCUT2D eigenvalue weighted by molar-refractivity contribution is 5.88. The van der Waals surface area contributed by atoms with Crippen LogP contribution in [0.2, 0.25) is 0 Å². The van der Waals surface area contributed by atoms with Gasteiger partial charge in [0.25, 0.3) is 0 Å². The topological polar surface area (TPSA) is 37.3 Å². The van der Waals surface area contributed by atoms with E-state index in [9.17, 15) is 9.90 Å². The summed E-state index contributed by atoms with van der Waals surface area (Å²) >= 11 is 0. The van der Waals surface area contributed by atoms with Crippen molar-refractivity contribution < 1.29 is 9.90 Å². The van der Waals surface area contributed by atoms with Gasteiger partial charge in [-0.05, 0) is 38.3 Å². The lowest BCUT2D eigenvalue weighted by Gasteiger charge is -2.20. The maximum atomic E-state index is 11.9. The molecule has 0 aliphatic heterocycles. The molecule has 0 heterocycles. The van der Waals surface area contributed by atoms with Gasteiger partial charge in [-0.15, -0.1) is 0 Å². The summed E-state index contributed by atoms with van der Waals surface area (Å²) < 4.78 is 0. The molecule has 0 radical (unpaired) electrons. The fraction of sp³-hybridized carbons (Fsp3) is 0.500. The molecule has 0 fully saturated rings. The zero-order chi connectivity index (χ0) is 12.3. The first-order valence-corrected chi connectivity index (χ1v) is 5.68. The van der Waals surface area contributed by atoms with Crippen molar-refractivity contribution in [3.05, 3.63) is 34.9 Å². The molecule has 1 N–H and O–H groups in total. The quantitative estimate of drug-likeness (QED) is 0.846. The molecule has 2 nitrogen and oxygen atoms in total. The van der Waals surface area contributed by atoms with Gasteiger partial charge in [-0.3, -0.25) is 4.79 Å². The van der Waals surface area contributed by atoms with E-state index in [1.807, 2.05) is 39.0 Å². The first-order valence-electron chi connectivity index (χ1n) is 5.68. The van der Waals surface area contributed by atoms with E-state index in [1.54, 1.807) is 6.92 Å². The molecule has 16 heavy (non-hydrogen) atoms. The van der Waals surface area contributed by atoms with Crippen molar-refractivity contribution in [3.8, 4) is 0 Å². The zero-order valence-electron chi connectivity index (χ0n) is 10.5. The summed E-state index contributed by atoms with van der Waals surface area (Å²) in [6, 6.07) is 6.05. The molecule has 2 heteroatoms. The second-order valence-electron chi connectivity index (χ2n) is 4.66. The summed E-state index contributed by atoms with van der Waals surface area (Å²) in [6.07, 6.45) is 0.769. The molecule has 0 saturated carbocycles. The number of carbonyl (C=O) groups is 1. The molecule has 0 saturated heterocycles. The van der Waals surface area contributed by atoms with Crippen LogP contribution in [0.1, 0.15) is 37.0 Å². The molecule has 0 amide bonds. The van der Waals surface area contributed by atoms with E-state index < -0.39 is 5.60 Å². The van der Waals surface area contributed by atoms with Crippen LogP contribution in [0.5, 0.6) is 0 Å². The molecule has 1 aromatic carbocycles. The highest BCUT2D eigenvalue weighted by Crippen LogP contribution is 2.17. The number of hydrogen-bond acceptors (Lipinski definition) is 2. The van der Waals surface area contributed by atoms with E-state index in [1.165, 1.54) is 0 Å². The molecule has 0 aromatic heterocycles. The Bertz CT molecular complexity index is 392. The number of ketones is 1. The summed E-state index contributed by atoms with van der Waals surface area (Å²) in [7, 11) is 0. The average molecular weight is 220 g/mol. The fourth-order valence-electron chi connectivity index (χ4n) is 1.55. The predicted molar refractivity (Wildman–Crippen MR) is 65.5 cm³/mol. The number of Topliss-reactive ketones (excluding diaryl/α,β-unsaturated/α-hetero) is 1. The number of aryl methyl sites for hydroxylation is 2. The maximum absolute atomic E-state index is 11.9. The van der Waals surface area contributed by atoms with Crippen LogP contribution in [-0.4, -0.2) is 16.5 Å². The van der Waals surface area contributed by atoms with Crippen LogP contribution >= 0.6 is 0 Å². The summed E-state index contributed by atoms with van der Waals surface area (Å²) in [5, 5.41) is 9.86. The van der Waals surface area contributed by atoms with Gasteiger partial charge in [0.2, 0.25) is 0 Å². The lowest BCUT2D eigenvalue weighted by molar-refractivity contribution is -0.135. The van der Waals surface area contributed by atoms with Gasteiger partial charge in [0.05, 0.1) is 0 Å². The molecular formula is C14H20O2. The molecule has 0 aliphatic carbocycles. The Balaban J connectivity index is 2.89. The van der Waals surface area contributed by atoms with Gasteiger partial charge in [0.15, 0.2) is 5.78 Å². The standard InChI is InChI=1S/C14H20O2/c1-5-14(4,16)13(15)9-12-8-10(2)6-7-11(12)3/h6-8,16H,5,9H2,1-4H3. The number of benzene rings is 1. The number of rotatable bonds is 4. The first-order chi connectivity index (χ1) is 7.36. The van der Waals surface area contributed by atoms with Crippen LogP contribution in [-0.2, 0) is 11.2 Å². The van der Waals surface area contributed by atoms with Crippen LogP contribution in [0.3, 0.4) is 0 Å². The lowest BCUT2D eigenvalue weighted by Crippen LogP contribution is -2.35. The van der Waals surface area contributed by atoms with Crippen molar-refractivity contribution in [1.82, 2.24) is 0 Å². The van der Waals surface area contributed by atoms with Crippen LogP contribution in [0.15, 0.2) is 18.2 Å². The fourth-order valence-corrected chi connectivity index (χ4v) is 1.55. The zero-order valence-corrected chi connectivity index (χ0v) is 10.5. The number of hydrogen-bond donors (Lipinski definition) is 1. The molecular weight excluding hydrogens is 200 g/mol. The summed E-state index contributed by atoms with van der Waals surface area (Å²) in [5.74, 6) is -0.108. The van der Waals surface area contributed by atoms with Crippen LogP contribution in [0.25, 0.3) is 0 Å². The first kappa shape index (κ1) is 12.9. The van der Waals surface area contributed by atoms with E-state index in [2.05, 4.69) is 0 Å². The molecule has 1 rings (SSSR count). The smallest absolute Gasteiger partial charge is 0.168 e. The van der Waals surface area contributed by atoms with Crippen molar-refractivity contribution in [2.45, 2.75) is 46.1 Å². The number of carbonyl (C=O) groups excluding carboxylic acids is 1. The van der Waals surface area contributed by atoms with Gasteiger partial charge < -0.3 is 5.11 Å². The second-order valence-corrected chi connectivity index (χ2v) is 4.66. The predicted octanol–water partition coefficient (Wildman–Crippen LogP) is 2.58. The van der Waals surface area contributed by atoms with Crippen LogP contribution < -0.4 is 0 Å². The third-order valence-electron chi connectivity index (χ3n) is 3.14. The van der Waals surface area contributed by atoms with E-state index in [0.717, 1.165) is 16.7 Å². The molecule has 0 spiro atoms. The van der Waals surface area contributed by atoms with E-state index >= 15 is 0 Å². The second kappa shape index (κ2) is 4.79. The summed E-state index contributed by atoms with van der Waals surface area (Å²) in [6.45, 7) is 7.40. The lowest BCUT2D eigenvalue weighted by atomic mass is 9.91. The summed E-state index contributed by atoms with van der Waals surface area (Å²) in [4.78, 5) is 11.9. The molecule has 1 aromatic rings. The third kappa shape index (κ3) is 2.92. The molecule has 1 atom stereocenters. The SMILES string of the molecule is CCC(C)(O)C(=O)Cc1cc(C)ccc1C. The largest absolute Gasteiger partial charge is 0.382 e. The van der Waals surface area contributed by atoms with Gasteiger partial charge in [-0.25, -0.2) is 0 Å². The van der Waals surface area contributed by atoms with Crippen LogP contribution in [0, 0.1) is 13.8 Å². The average Bonchev–Trinajstić information content (AvgIpc) is 2.23. The minimum absolute atomic E-state index is 0.108. The van der Waals surface area contributed by atoms with E-state index in [0.29, 0.717) is 12.8 Å². The molecule has 88 valence electrons. The van der Waals surface area contributed by atoms with Crippen molar-refractivity contribution in [2.24, 2.45) is 0 Å². The third-order valence-corrected chi connectivity index (χ3v) is 3.14. The normalized spacial score (nSPS) is 14.6. The van der Waals surface area contributed by atoms with Crippen molar-refractivity contribution in [1.29, 1.82) is 0 Å². The minimum Gasteiger partial charge on any atom is -0.382 e. The van der Waals surface area contributed by atoms with Crippen molar-refractivity contribution in [2.75, 3.05) is 0 Å². The Morgan fingerprint density at radius 2 is 2.00 bits per heavy atom. The highest BCUT2D eigenvalue weighted by atomic mass is 16.3. The van der Waals surface area contributed by atoms with E-state index in [4.69, 9.17) is 0 Å². The maximum Gasteiger partial charge on any atom is 0.168 e. The Kier molecular flexibility index (Phi) is 3.87. The van der Waals surface area contributed by atoms with Gasteiger partial charge >= 0.3 is 0 Å². The van der Waals surface area contributed by atoms with Crippen molar-refractivity contribution in [3.63, 3.8) is 0 Å². The molecule has 0 aliphatic rings. The Morgan fingerprint density at radius 3 is 2.56 bits per heavy atom. The Hall–Kier alpha value is -1.15. The Labute approximate surface area is 97.3 Å². The van der Waals surface area contributed by atoms with Gasteiger partial charge in [-0.2, -0.15) is 0 Å². The number of aliphatic hydroxyl groups is 1.